The molecule has 1 heterocycles. The number of rotatable bonds is 9. The van der Waals surface area contributed by atoms with E-state index in [-0.39, 0.29) is 18.6 Å². The first-order valence-electron chi connectivity index (χ1n) is 11.7. The van der Waals surface area contributed by atoms with Crippen LogP contribution in [0.4, 0.5) is 0 Å². The summed E-state index contributed by atoms with van der Waals surface area (Å²) in [6.07, 6.45) is 2.46. The molecule has 1 unspecified atom stereocenters. The van der Waals surface area contributed by atoms with Crippen LogP contribution in [0.3, 0.4) is 0 Å². The topological polar surface area (TPSA) is 98.2 Å². The number of carbonyl (C=O) groups excluding carboxylic acids is 2. The van der Waals surface area contributed by atoms with Gasteiger partial charge < -0.3 is 19.5 Å². The second-order valence-corrected chi connectivity index (χ2v) is 8.54. The van der Waals surface area contributed by atoms with Crippen molar-refractivity contribution in [2.75, 3.05) is 13.4 Å². The van der Waals surface area contributed by atoms with Crippen molar-refractivity contribution < 1.29 is 23.8 Å². The predicted octanol–water partition coefficient (Wildman–Crippen LogP) is 4.26. The number of carbonyl (C=O) groups is 2. The number of amides is 2. The second-order valence-electron chi connectivity index (χ2n) is 8.54. The van der Waals surface area contributed by atoms with Gasteiger partial charge in [0.15, 0.2) is 11.5 Å². The van der Waals surface area contributed by atoms with Crippen LogP contribution in [-0.4, -0.2) is 37.5 Å². The van der Waals surface area contributed by atoms with Crippen molar-refractivity contribution >= 4 is 28.8 Å². The first kappa shape index (κ1) is 24.1. The molecule has 8 nitrogen and oxygen atoms in total. The standard InChI is InChI=1S/C27H29N3O5/c1-4-13-33-22-11-9-18-7-5-6-8-20(18)21(22)15-28-30-27(32)25(17(2)3)29-26(31)19-10-12-23-24(14-19)35-16-34-23/h5-12,14-15,17,25H,4,13,16H2,1-3H3,(H,29,31)(H,30,32)/b28-15+. The summed E-state index contributed by atoms with van der Waals surface area (Å²) in [5.41, 5.74) is 3.73. The molecule has 4 rings (SSSR count). The Balaban J connectivity index is 1.48. The Morgan fingerprint density at radius 2 is 1.89 bits per heavy atom. The number of hydrogen-bond donors (Lipinski definition) is 2. The molecule has 0 aromatic heterocycles. The van der Waals surface area contributed by atoms with E-state index in [2.05, 4.69) is 15.8 Å². The van der Waals surface area contributed by atoms with Gasteiger partial charge in [-0.3, -0.25) is 9.59 Å². The van der Waals surface area contributed by atoms with E-state index in [1.807, 2.05) is 57.2 Å². The van der Waals surface area contributed by atoms with E-state index in [4.69, 9.17) is 14.2 Å². The number of nitrogens with zero attached hydrogens (tertiary/aromatic N) is 1. The van der Waals surface area contributed by atoms with Gasteiger partial charge >= 0.3 is 0 Å². The molecule has 2 N–H and O–H groups in total. The van der Waals surface area contributed by atoms with Crippen molar-refractivity contribution in [3.8, 4) is 17.2 Å². The van der Waals surface area contributed by atoms with Crippen LogP contribution in [-0.2, 0) is 4.79 Å². The molecular weight excluding hydrogens is 446 g/mol. The number of fused-ring (bicyclic) bond motifs is 2. The van der Waals surface area contributed by atoms with E-state index in [0.29, 0.717) is 29.4 Å². The first-order chi connectivity index (χ1) is 17.0. The molecule has 0 saturated heterocycles. The molecule has 0 saturated carbocycles. The van der Waals surface area contributed by atoms with Crippen LogP contribution in [0.25, 0.3) is 10.8 Å². The zero-order valence-electron chi connectivity index (χ0n) is 20.0. The average Bonchev–Trinajstić information content (AvgIpc) is 3.34. The van der Waals surface area contributed by atoms with Crippen molar-refractivity contribution in [2.45, 2.75) is 33.2 Å². The largest absolute Gasteiger partial charge is 0.493 e. The van der Waals surface area contributed by atoms with Crippen LogP contribution in [0.5, 0.6) is 17.2 Å². The van der Waals surface area contributed by atoms with E-state index in [0.717, 1.165) is 22.8 Å². The lowest BCUT2D eigenvalue weighted by atomic mass is 10.0. The van der Waals surface area contributed by atoms with E-state index < -0.39 is 11.9 Å². The number of hydrazone groups is 1. The molecule has 0 spiro atoms. The SMILES string of the molecule is CCCOc1ccc2ccccc2c1/C=N/NC(=O)C(NC(=O)c1ccc2c(c1)OCO2)C(C)C. The molecule has 0 radical (unpaired) electrons. The third-order valence-electron chi connectivity index (χ3n) is 5.63. The van der Waals surface area contributed by atoms with Crippen molar-refractivity contribution in [3.05, 3.63) is 65.7 Å². The molecule has 0 fully saturated rings. The fourth-order valence-corrected chi connectivity index (χ4v) is 3.77. The van der Waals surface area contributed by atoms with Crippen molar-refractivity contribution in [1.82, 2.24) is 10.7 Å². The summed E-state index contributed by atoms with van der Waals surface area (Å²) in [5, 5.41) is 9.00. The van der Waals surface area contributed by atoms with Crippen LogP contribution >= 0.6 is 0 Å². The maximum Gasteiger partial charge on any atom is 0.262 e. The molecule has 3 aromatic carbocycles. The molecule has 3 aromatic rings. The Morgan fingerprint density at radius 1 is 1.09 bits per heavy atom. The van der Waals surface area contributed by atoms with Crippen LogP contribution < -0.4 is 25.0 Å². The minimum atomic E-state index is -0.784. The normalized spacial score (nSPS) is 13.3. The van der Waals surface area contributed by atoms with Gasteiger partial charge in [-0.25, -0.2) is 5.43 Å². The Kier molecular flexibility index (Phi) is 7.50. The highest BCUT2D eigenvalue weighted by molar-refractivity contribution is 6.03. The summed E-state index contributed by atoms with van der Waals surface area (Å²) in [5.74, 6) is 0.824. The second kappa shape index (κ2) is 10.9. The molecule has 8 heteroatoms. The summed E-state index contributed by atoms with van der Waals surface area (Å²) in [6.45, 7) is 6.45. The highest BCUT2D eigenvalue weighted by Gasteiger charge is 2.25. The Bertz CT molecular complexity index is 1250. The quantitative estimate of drug-likeness (QED) is 0.356. The monoisotopic (exact) mass is 475 g/mol. The Labute approximate surface area is 204 Å². The van der Waals surface area contributed by atoms with Gasteiger partial charge in [-0.2, -0.15) is 5.10 Å². The van der Waals surface area contributed by atoms with E-state index in [9.17, 15) is 9.59 Å². The van der Waals surface area contributed by atoms with Gasteiger partial charge in [0.1, 0.15) is 11.8 Å². The average molecular weight is 476 g/mol. The van der Waals surface area contributed by atoms with Crippen molar-refractivity contribution in [2.24, 2.45) is 11.0 Å². The van der Waals surface area contributed by atoms with Crippen molar-refractivity contribution in [3.63, 3.8) is 0 Å². The van der Waals surface area contributed by atoms with Gasteiger partial charge in [0.2, 0.25) is 6.79 Å². The number of nitrogens with one attached hydrogen (secondary N) is 2. The summed E-state index contributed by atoms with van der Waals surface area (Å²) in [4.78, 5) is 25.7. The fraction of sp³-hybridized carbons (Fsp3) is 0.296. The lowest BCUT2D eigenvalue weighted by Gasteiger charge is -2.20. The smallest absolute Gasteiger partial charge is 0.262 e. The van der Waals surface area contributed by atoms with Crippen LogP contribution in [0.15, 0.2) is 59.7 Å². The van der Waals surface area contributed by atoms with Gasteiger partial charge in [0.05, 0.1) is 12.8 Å². The number of hydrogen-bond acceptors (Lipinski definition) is 6. The maximum absolute atomic E-state index is 12.9. The fourth-order valence-electron chi connectivity index (χ4n) is 3.77. The molecule has 1 aliphatic heterocycles. The van der Waals surface area contributed by atoms with E-state index in [1.165, 1.54) is 0 Å². The molecule has 0 bridgehead atoms. The Morgan fingerprint density at radius 3 is 2.69 bits per heavy atom. The predicted molar refractivity (Wildman–Crippen MR) is 134 cm³/mol. The third kappa shape index (κ3) is 5.54. The van der Waals surface area contributed by atoms with Gasteiger partial charge in [-0.05, 0) is 47.4 Å². The highest BCUT2D eigenvalue weighted by Crippen LogP contribution is 2.32. The highest BCUT2D eigenvalue weighted by atomic mass is 16.7. The lowest BCUT2D eigenvalue weighted by Crippen LogP contribution is -2.48. The molecule has 1 aliphatic rings. The zero-order chi connectivity index (χ0) is 24.8. The molecule has 182 valence electrons. The summed E-state index contributed by atoms with van der Waals surface area (Å²) in [7, 11) is 0. The van der Waals surface area contributed by atoms with Gasteiger partial charge in [-0.15, -0.1) is 0 Å². The molecule has 1 atom stereocenters. The van der Waals surface area contributed by atoms with Crippen LogP contribution in [0.1, 0.15) is 43.1 Å². The first-order valence-corrected chi connectivity index (χ1v) is 11.7. The Hall–Kier alpha value is -4.07. The number of ether oxygens (including phenoxy) is 3. The van der Waals surface area contributed by atoms with E-state index >= 15 is 0 Å². The number of benzene rings is 3. The third-order valence-corrected chi connectivity index (χ3v) is 5.63. The minimum absolute atomic E-state index is 0.122. The van der Waals surface area contributed by atoms with Crippen LogP contribution in [0.2, 0.25) is 0 Å². The molecule has 2 amide bonds. The zero-order valence-corrected chi connectivity index (χ0v) is 20.0. The molecular formula is C27H29N3O5. The molecule has 35 heavy (non-hydrogen) atoms. The van der Waals surface area contributed by atoms with E-state index in [1.54, 1.807) is 24.4 Å². The lowest BCUT2D eigenvalue weighted by molar-refractivity contribution is -0.123. The summed E-state index contributed by atoms with van der Waals surface area (Å²) >= 11 is 0. The summed E-state index contributed by atoms with van der Waals surface area (Å²) < 4.78 is 16.5. The van der Waals surface area contributed by atoms with Crippen molar-refractivity contribution in [1.29, 1.82) is 0 Å². The molecule has 0 aliphatic carbocycles. The van der Waals surface area contributed by atoms with Crippen LogP contribution in [0, 0.1) is 5.92 Å². The van der Waals surface area contributed by atoms with Gasteiger partial charge in [-0.1, -0.05) is 51.1 Å². The maximum atomic E-state index is 12.9. The van der Waals surface area contributed by atoms with Gasteiger partial charge in [0, 0.05) is 11.1 Å². The van der Waals surface area contributed by atoms with Gasteiger partial charge in [0.25, 0.3) is 11.8 Å². The minimum Gasteiger partial charge on any atom is -0.493 e. The summed E-state index contributed by atoms with van der Waals surface area (Å²) in [6, 6.07) is 15.9.